The zero-order chi connectivity index (χ0) is 12.8. The van der Waals surface area contributed by atoms with E-state index in [4.69, 9.17) is 5.26 Å². The second kappa shape index (κ2) is 6.06. The number of rotatable bonds is 5. The predicted molar refractivity (Wildman–Crippen MR) is 65.1 cm³/mol. The van der Waals surface area contributed by atoms with Gasteiger partial charge >= 0.3 is 0 Å². The topological polar surface area (TPSA) is 69.8 Å². The molecule has 1 rings (SSSR count). The molecule has 17 heavy (non-hydrogen) atoms. The monoisotopic (exact) mass is 234 g/mol. The maximum atomic E-state index is 11.3. The first-order valence-electron chi connectivity index (χ1n) is 5.58. The third kappa shape index (κ3) is 4.29. The summed E-state index contributed by atoms with van der Waals surface area (Å²) < 4.78 is 1.77. The van der Waals surface area contributed by atoms with Crippen LogP contribution in [0.15, 0.2) is 12.3 Å². The van der Waals surface area contributed by atoms with Crippen LogP contribution in [0.3, 0.4) is 0 Å². The minimum atomic E-state index is -0.0172. The van der Waals surface area contributed by atoms with Gasteiger partial charge in [0.1, 0.15) is 11.8 Å². The Bertz CT molecular complexity index is 428. The number of nitrogens with zero attached hydrogens (tertiary/aromatic N) is 2. The summed E-state index contributed by atoms with van der Waals surface area (Å²) in [5.74, 6) is -0.0172. The number of aryl methyl sites for hydroxylation is 1. The molecule has 1 aromatic heterocycles. The number of nitrogens with one attached hydrogen (secondary N) is 2. The van der Waals surface area contributed by atoms with E-state index in [9.17, 15) is 4.79 Å². The van der Waals surface area contributed by atoms with E-state index in [1.165, 1.54) is 0 Å². The fourth-order valence-electron chi connectivity index (χ4n) is 1.53. The molecule has 1 amide bonds. The van der Waals surface area contributed by atoms with Gasteiger partial charge in [0.2, 0.25) is 5.91 Å². The SMILES string of the molecule is CC(C)NC(=O)CNCc1cc(C#N)n(C)c1. The summed E-state index contributed by atoms with van der Waals surface area (Å²) in [5, 5.41) is 14.6. The Labute approximate surface area is 101 Å². The molecule has 5 nitrogen and oxygen atoms in total. The highest BCUT2D eigenvalue weighted by atomic mass is 16.1. The first-order valence-corrected chi connectivity index (χ1v) is 5.58. The van der Waals surface area contributed by atoms with Gasteiger partial charge < -0.3 is 15.2 Å². The van der Waals surface area contributed by atoms with Crippen molar-refractivity contribution >= 4 is 5.91 Å². The highest BCUT2D eigenvalue weighted by Crippen LogP contribution is 2.05. The van der Waals surface area contributed by atoms with Gasteiger partial charge in [0.25, 0.3) is 0 Å². The summed E-state index contributed by atoms with van der Waals surface area (Å²) in [7, 11) is 1.83. The molecule has 0 spiro atoms. The van der Waals surface area contributed by atoms with Crippen molar-refractivity contribution < 1.29 is 4.79 Å². The van der Waals surface area contributed by atoms with E-state index in [0.717, 1.165) is 5.56 Å². The van der Waals surface area contributed by atoms with Crippen molar-refractivity contribution in [1.82, 2.24) is 15.2 Å². The molecule has 0 radical (unpaired) electrons. The fraction of sp³-hybridized carbons (Fsp3) is 0.500. The van der Waals surface area contributed by atoms with Crippen LogP contribution in [0, 0.1) is 11.3 Å². The van der Waals surface area contributed by atoms with E-state index < -0.39 is 0 Å². The van der Waals surface area contributed by atoms with E-state index in [2.05, 4.69) is 16.7 Å². The lowest BCUT2D eigenvalue weighted by Gasteiger charge is -2.08. The van der Waals surface area contributed by atoms with Crippen molar-refractivity contribution in [3.8, 4) is 6.07 Å². The number of nitriles is 1. The summed E-state index contributed by atoms with van der Waals surface area (Å²) >= 11 is 0. The molecule has 1 heterocycles. The van der Waals surface area contributed by atoms with Gasteiger partial charge in [0.15, 0.2) is 0 Å². The smallest absolute Gasteiger partial charge is 0.234 e. The molecular weight excluding hydrogens is 216 g/mol. The molecular formula is C12H18N4O. The van der Waals surface area contributed by atoms with Crippen LogP contribution in [0.2, 0.25) is 0 Å². The first-order chi connectivity index (χ1) is 8.02. The standard InChI is InChI=1S/C12H18N4O/c1-9(2)15-12(17)7-14-6-10-4-11(5-13)16(3)8-10/h4,8-9,14H,6-7H2,1-3H3,(H,15,17). The van der Waals surface area contributed by atoms with Gasteiger partial charge in [0, 0.05) is 25.8 Å². The lowest BCUT2D eigenvalue weighted by molar-refractivity contribution is -0.120. The first kappa shape index (κ1) is 13.3. The van der Waals surface area contributed by atoms with E-state index in [1.54, 1.807) is 4.57 Å². The summed E-state index contributed by atoms with van der Waals surface area (Å²) in [5.41, 5.74) is 1.62. The summed E-state index contributed by atoms with van der Waals surface area (Å²) in [6, 6.07) is 4.07. The van der Waals surface area contributed by atoms with E-state index in [0.29, 0.717) is 12.2 Å². The molecule has 0 aliphatic carbocycles. The lowest BCUT2D eigenvalue weighted by Crippen LogP contribution is -2.37. The molecule has 0 bridgehead atoms. The Balaban J connectivity index is 2.36. The van der Waals surface area contributed by atoms with Gasteiger partial charge in [-0.1, -0.05) is 0 Å². The molecule has 0 aliphatic rings. The Morgan fingerprint density at radius 3 is 2.82 bits per heavy atom. The lowest BCUT2D eigenvalue weighted by atomic mass is 10.3. The van der Waals surface area contributed by atoms with Gasteiger partial charge in [-0.3, -0.25) is 4.79 Å². The highest BCUT2D eigenvalue weighted by molar-refractivity contribution is 5.78. The average molecular weight is 234 g/mol. The second-order valence-corrected chi connectivity index (χ2v) is 4.28. The van der Waals surface area contributed by atoms with Crippen molar-refractivity contribution in [3.63, 3.8) is 0 Å². The maximum absolute atomic E-state index is 11.3. The van der Waals surface area contributed by atoms with Crippen LogP contribution in [-0.2, 0) is 18.4 Å². The molecule has 2 N–H and O–H groups in total. The van der Waals surface area contributed by atoms with Crippen LogP contribution in [0.25, 0.3) is 0 Å². The molecule has 0 aliphatic heterocycles. The van der Waals surface area contributed by atoms with Crippen LogP contribution in [0.5, 0.6) is 0 Å². The summed E-state index contributed by atoms with van der Waals surface area (Å²) in [6.07, 6.45) is 1.88. The number of hydrogen-bond donors (Lipinski definition) is 2. The predicted octanol–water partition coefficient (Wildman–Crippen LogP) is 0.511. The molecule has 92 valence electrons. The summed E-state index contributed by atoms with van der Waals surface area (Å²) in [4.78, 5) is 11.3. The highest BCUT2D eigenvalue weighted by Gasteiger charge is 2.04. The number of amides is 1. The minimum Gasteiger partial charge on any atom is -0.353 e. The van der Waals surface area contributed by atoms with E-state index in [-0.39, 0.29) is 18.5 Å². The van der Waals surface area contributed by atoms with Gasteiger partial charge in [-0.15, -0.1) is 0 Å². The number of carbonyl (C=O) groups excluding carboxylic acids is 1. The molecule has 0 saturated carbocycles. The van der Waals surface area contributed by atoms with E-state index in [1.807, 2.05) is 33.2 Å². The molecule has 0 saturated heterocycles. The van der Waals surface area contributed by atoms with Gasteiger partial charge in [-0.05, 0) is 25.5 Å². The third-order valence-electron chi connectivity index (χ3n) is 2.24. The van der Waals surface area contributed by atoms with Crippen molar-refractivity contribution in [2.45, 2.75) is 26.4 Å². The average Bonchev–Trinajstić information content (AvgIpc) is 2.57. The van der Waals surface area contributed by atoms with E-state index >= 15 is 0 Å². The zero-order valence-corrected chi connectivity index (χ0v) is 10.4. The molecule has 5 heteroatoms. The van der Waals surface area contributed by atoms with Gasteiger partial charge in [0.05, 0.1) is 6.54 Å². The van der Waals surface area contributed by atoms with Crippen molar-refractivity contribution in [1.29, 1.82) is 5.26 Å². The molecule has 0 fully saturated rings. The van der Waals surface area contributed by atoms with Crippen LogP contribution >= 0.6 is 0 Å². The van der Waals surface area contributed by atoms with Crippen molar-refractivity contribution in [2.24, 2.45) is 7.05 Å². The van der Waals surface area contributed by atoms with Crippen molar-refractivity contribution in [3.05, 3.63) is 23.5 Å². The third-order valence-corrected chi connectivity index (χ3v) is 2.24. The number of carbonyl (C=O) groups is 1. The molecule has 0 unspecified atom stereocenters. The van der Waals surface area contributed by atoms with Crippen LogP contribution < -0.4 is 10.6 Å². The normalized spacial score (nSPS) is 10.3. The van der Waals surface area contributed by atoms with Crippen LogP contribution in [0.1, 0.15) is 25.1 Å². The number of hydrogen-bond acceptors (Lipinski definition) is 3. The van der Waals surface area contributed by atoms with Gasteiger partial charge in [-0.2, -0.15) is 5.26 Å². The minimum absolute atomic E-state index is 0.0172. The maximum Gasteiger partial charge on any atom is 0.234 e. The fourth-order valence-corrected chi connectivity index (χ4v) is 1.53. The quantitative estimate of drug-likeness (QED) is 0.780. The Morgan fingerprint density at radius 1 is 1.59 bits per heavy atom. The zero-order valence-electron chi connectivity index (χ0n) is 10.4. The largest absolute Gasteiger partial charge is 0.353 e. The molecule has 0 atom stereocenters. The number of aromatic nitrogens is 1. The molecule has 0 aromatic carbocycles. The van der Waals surface area contributed by atoms with Gasteiger partial charge in [-0.25, -0.2) is 0 Å². The Morgan fingerprint density at radius 2 is 2.29 bits per heavy atom. The van der Waals surface area contributed by atoms with Crippen LogP contribution in [0.4, 0.5) is 0 Å². The Kier molecular flexibility index (Phi) is 4.73. The molecule has 1 aromatic rings. The van der Waals surface area contributed by atoms with Crippen LogP contribution in [-0.4, -0.2) is 23.1 Å². The summed E-state index contributed by atoms with van der Waals surface area (Å²) in [6.45, 7) is 4.72. The van der Waals surface area contributed by atoms with Crippen molar-refractivity contribution in [2.75, 3.05) is 6.54 Å². The second-order valence-electron chi connectivity index (χ2n) is 4.28. The Hall–Kier alpha value is -1.80.